The van der Waals surface area contributed by atoms with Crippen LogP contribution in [0.2, 0.25) is 0 Å². The van der Waals surface area contributed by atoms with Gasteiger partial charge >= 0.3 is 0 Å². The van der Waals surface area contributed by atoms with Gasteiger partial charge in [0, 0.05) is 25.0 Å². The summed E-state index contributed by atoms with van der Waals surface area (Å²) in [5.41, 5.74) is 6.50. The molecule has 0 aliphatic carbocycles. The summed E-state index contributed by atoms with van der Waals surface area (Å²) in [7, 11) is 0. The Bertz CT molecular complexity index is 773. The summed E-state index contributed by atoms with van der Waals surface area (Å²) in [6.07, 6.45) is 0. The van der Waals surface area contributed by atoms with Crippen molar-refractivity contribution in [1.82, 2.24) is 19.3 Å². The lowest BCUT2D eigenvalue weighted by molar-refractivity contribution is 0.0776. The summed E-state index contributed by atoms with van der Waals surface area (Å²) < 4.78 is 1.05. The number of aromatic nitrogens is 3. The Morgan fingerprint density at radius 1 is 1.04 bits per heavy atom. The standard InChI is InChI=1S/C15H16N6O2S/c1-3-20(4-2)14-17-13(16)18-15(19-14)24-21-11(22)9-7-5-6-8-10(9)12(21)23/h5-8H,3-4H2,1-2H3,(H2,16,17,18,19). The second-order valence-electron chi connectivity index (χ2n) is 4.99. The van der Waals surface area contributed by atoms with Crippen molar-refractivity contribution in [3.63, 3.8) is 0 Å². The maximum atomic E-state index is 12.4. The van der Waals surface area contributed by atoms with Gasteiger partial charge in [-0.2, -0.15) is 15.0 Å². The smallest absolute Gasteiger partial charge is 0.272 e. The van der Waals surface area contributed by atoms with Crippen LogP contribution in [0, 0.1) is 0 Å². The van der Waals surface area contributed by atoms with E-state index in [0.717, 1.165) is 16.3 Å². The van der Waals surface area contributed by atoms with Crippen LogP contribution in [0.25, 0.3) is 0 Å². The van der Waals surface area contributed by atoms with E-state index in [0.29, 0.717) is 30.2 Å². The van der Waals surface area contributed by atoms with Gasteiger partial charge in [0.05, 0.1) is 11.1 Å². The van der Waals surface area contributed by atoms with E-state index in [-0.39, 0.29) is 22.9 Å². The SMILES string of the molecule is CCN(CC)c1nc(N)nc(SN2C(=O)c3ccccc3C2=O)n1. The molecule has 0 fully saturated rings. The summed E-state index contributed by atoms with van der Waals surface area (Å²) >= 11 is 0.856. The number of nitrogen functional groups attached to an aromatic ring is 1. The monoisotopic (exact) mass is 344 g/mol. The molecule has 9 heteroatoms. The number of carbonyl (C=O) groups excluding carboxylic acids is 2. The highest BCUT2D eigenvalue weighted by Gasteiger charge is 2.37. The van der Waals surface area contributed by atoms with Crippen LogP contribution < -0.4 is 10.6 Å². The molecule has 1 aliphatic rings. The van der Waals surface area contributed by atoms with Crippen molar-refractivity contribution >= 4 is 35.7 Å². The molecule has 0 atom stereocenters. The van der Waals surface area contributed by atoms with Crippen molar-refractivity contribution in [2.75, 3.05) is 23.7 Å². The molecule has 8 nitrogen and oxygen atoms in total. The van der Waals surface area contributed by atoms with Crippen LogP contribution in [-0.2, 0) is 0 Å². The fourth-order valence-corrected chi connectivity index (χ4v) is 3.16. The van der Waals surface area contributed by atoms with Crippen LogP contribution in [0.1, 0.15) is 34.6 Å². The Labute approximate surface area is 143 Å². The second-order valence-corrected chi connectivity index (χ2v) is 5.90. The quantitative estimate of drug-likeness (QED) is 0.644. The van der Waals surface area contributed by atoms with E-state index in [1.807, 2.05) is 18.7 Å². The Morgan fingerprint density at radius 3 is 2.17 bits per heavy atom. The first-order chi connectivity index (χ1) is 11.5. The van der Waals surface area contributed by atoms with E-state index < -0.39 is 0 Å². The molecular formula is C15H16N6O2S. The lowest BCUT2D eigenvalue weighted by Crippen LogP contribution is -2.26. The van der Waals surface area contributed by atoms with Gasteiger partial charge in [0.25, 0.3) is 11.8 Å². The van der Waals surface area contributed by atoms with Crippen molar-refractivity contribution in [2.24, 2.45) is 0 Å². The number of imide groups is 1. The summed E-state index contributed by atoms with van der Waals surface area (Å²) in [6, 6.07) is 6.69. The average molecular weight is 344 g/mol. The summed E-state index contributed by atoms with van der Waals surface area (Å²) in [4.78, 5) is 39.2. The average Bonchev–Trinajstić information content (AvgIpc) is 2.81. The minimum absolute atomic E-state index is 0.0472. The van der Waals surface area contributed by atoms with Crippen molar-refractivity contribution < 1.29 is 9.59 Å². The highest BCUT2D eigenvalue weighted by molar-refractivity contribution is 7.98. The summed E-state index contributed by atoms with van der Waals surface area (Å²) in [6.45, 7) is 5.36. The van der Waals surface area contributed by atoms with Crippen LogP contribution >= 0.6 is 11.9 Å². The minimum Gasteiger partial charge on any atom is -0.368 e. The highest BCUT2D eigenvalue weighted by Crippen LogP contribution is 2.31. The number of nitrogens with two attached hydrogens (primary N) is 1. The number of benzene rings is 1. The molecule has 24 heavy (non-hydrogen) atoms. The molecule has 1 aromatic carbocycles. The van der Waals surface area contributed by atoms with Gasteiger partial charge in [-0.05, 0) is 26.0 Å². The van der Waals surface area contributed by atoms with Crippen molar-refractivity contribution in [1.29, 1.82) is 0 Å². The molecule has 2 N–H and O–H groups in total. The maximum absolute atomic E-state index is 12.4. The predicted octanol–water partition coefficient (Wildman–Crippen LogP) is 1.60. The van der Waals surface area contributed by atoms with E-state index in [2.05, 4.69) is 15.0 Å². The van der Waals surface area contributed by atoms with Gasteiger partial charge in [0.15, 0.2) is 0 Å². The Hall–Kier alpha value is -2.68. The Morgan fingerprint density at radius 2 is 1.62 bits per heavy atom. The third-order valence-corrected chi connectivity index (χ3v) is 4.46. The van der Waals surface area contributed by atoms with Gasteiger partial charge in [-0.1, -0.05) is 12.1 Å². The number of hydrogen-bond donors (Lipinski definition) is 1. The van der Waals surface area contributed by atoms with Crippen molar-refractivity contribution in [3.05, 3.63) is 35.4 Å². The first-order valence-electron chi connectivity index (χ1n) is 7.47. The molecule has 2 aromatic rings. The predicted molar refractivity (Wildman–Crippen MR) is 90.6 cm³/mol. The number of anilines is 2. The molecule has 0 radical (unpaired) electrons. The van der Waals surface area contributed by atoms with Gasteiger partial charge in [-0.25, -0.2) is 4.31 Å². The van der Waals surface area contributed by atoms with Gasteiger partial charge in [-0.3, -0.25) is 9.59 Å². The number of amides is 2. The van der Waals surface area contributed by atoms with Crippen LogP contribution in [-0.4, -0.2) is 44.2 Å². The van der Waals surface area contributed by atoms with Crippen LogP contribution in [0.15, 0.2) is 29.4 Å². The lowest BCUT2D eigenvalue weighted by atomic mass is 10.1. The highest BCUT2D eigenvalue weighted by atomic mass is 32.2. The molecule has 1 aromatic heterocycles. The minimum atomic E-state index is -0.385. The first-order valence-corrected chi connectivity index (χ1v) is 8.24. The molecule has 3 rings (SSSR count). The van der Waals surface area contributed by atoms with E-state index >= 15 is 0 Å². The largest absolute Gasteiger partial charge is 0.368 e. The fraction of sp³-hybridized carbons (Fsp3) is 0.267. The molecule has 0 bridgehead atoms. The lowest BCUT2D eigenvalue weighted by Gasteiger charge is -2.19. The molecule has 0 spiro atoms. The van der Waals surface area contributed by atoms with E-state index in [9.17, 15) is 9.59 Å². The zero-order valence-corrected chi connectivity index (χ0v) is 14.1. The second kappa shape index (κ2) is 6.44. The first kappa shape index (κ1) is 16.2. The van der Waals surface area contributed by atoms with E-state index in [1.165, 1.54) is 0 Å². The van der Waals surface area contributed by atoms with Crippen LogP contribution in [0.4, 0.5) is 11.9 Å². The molecule has 1 aliphatic heterocycles. The Kier molecular flexibility index (Phi) is 4.34. The maximum Gasteiger partial charge on any atom is 0.272 e. The molecular weight excluding hydrogens is 328 g/mol. The van der Waals surface area contributed by atoms with Gasteiger partial charge in [0.1, 0.15) is 0 Å². The van der Waals surface area contributed by atoms with Crippen LogP contribution in [0.5, 0.6) is 0 Å². The third-order valence-electron chi connectivity index (χ3n) is 3.60. The van der Waals surface area contributed by atoms with E-state index in [1.54, 1.807) is 24.3 Å². The molecule has 2 heterocycles. The van der Waals surface area contributed by atoms with Gasteiger partial charge in [-0.15, -0.1) is 0 Å². The molecule has 124 valence electrons. The van der Waals surface area contributed by atoms with Gasteiger partial charge in [0.2, 0.25) is 17.1 Å². The number of fused-ring (bicyclic) bond motifs is 1. The van der Waals surface area contributed by atoms with E-state index in [4.69, 9.17) is 5.73 Å². The zero-order valence-electron chi connectivity index (χ0n) is 13.3. The fourth-order valence-electron chi connectivity index (χ4n) is 2.38. The third kappa shape index (κ3) is 2.78. The summed E-state index contributed by atoms with van der Waals surface area (Å²) in [5, 5.41) is 0.207. The number of carbonyl (C=O) groups is 2. The Balaban J connectivity index is 1.90. The number of nitrogens with zero attached hydrogens (tertiary/aromatic N) is 5. The van der Waals surface area contributed by atoms with Crippen molar-refractivity contribution in [2.45, 2.75) is 19.0 Å². The van der Waals surface area contributed by atoms with Crippen molar-refractivity contribution in [3.8, 4) is 0 Å². The molecule has 0 saturated heterocycles. The molecule has 0 unspecified atom stereocenters. The number of hydrogen-bond acceptors (Lipinski definition) is 8. The summed E-state index contributed by atoms with van der Waals surface area (Å²) in [5.74, 6) is -0.300. The number of rotatable bonds is 5. The molecule has 0 saturated carbocycles. The normalized spacial score (nSPS) is 13.3. The topological polar surface area (TPSA) is 105 Å². The zero-order chi connectivity index (χ0) is 17.3. The van der Waals surface area contributed by atoms with Crippen LogP contribution in [0.3, 0.4) is 0 Å². The molecule has 2 amide bonds. The van der Waals surface area contributed by atoms with Gasteiger partial charge < -0.3 is 10.6 Å².